The van der Waals surface area contributed by atoms with Crippen molar-refractivity contribution in [3.8, 4) is 11.3 Å². The first-order chi connectivity index (χ1) is 15.2. The fourth-order valence-electron chi connectivity index (χ4n) is 3.73. The molecule has 0 spiro atoms. The summed E-state index contributed by atoms with van der Waals surface area (Å²) in [5.41, 5.74) is 7.99. The summed E-state index contributed by atoms with van der Waals surface area (Å²) in [6, 6.07) is 17.2. The highest BCUT2D eigenvalue weighted by Crippen LogP contribution is 2.32. The van der Waals surface area contributed by atoms with Crippen LogP contribution in [0, 0.1) is 10.1 Å². The van der Waals surface area contributed by atoms with E-state index in [0.29, 0.717) is 12.5 Å². The molecule has 1 aliphatic carbocycles. The van der Waals surface area contributed by atoms with E-state index in [9.17, 15) is 10.1 Å². The number of nitro groups is 1. The van der Waals surface area contributed by atoms with Gasteiger partial charge in [0.25, 0.3) is 5.69 Å². The lowest BCUT2D eigenvalue weighted by Gasteiger charge is -2.24. The van der Waals surface area contributed by atoms with Gasteiger partial charge in [-0.3, -0.25) is 20.5 Å². The van der Waals surface area contributed by atoms with Crippen LogP contribution < -0.4 is 10.2 Å². The molecule has 0 radical (unpaired) electrons. The van der Waals surface area contributed by atoms with Crippen molar-refractivity contribution in [1.82, 2.24) is 4.68 Å². The van der Waals surface area contributed by atoms with Gasteiger partial charge in [-0.05, 0) is 42.9 Å². The van der Waals surface area contributed by atoms with E-state index in [1.165, 1.54) is 29.0 Å². The molecule has 0 saturated heterocycles. The third kappa shape index (κ3) is 4.83. The van der Waals surface area contributed by atoms with Gasteiger partial charge in [-0.1, -0.05) is 42.5 Å². The van der Waals surface area contributed by atoms with Gasteiger partial charge in [-0.15, -0.1) is 17.9 Å². The van der Waals surface area contributed by atoms with Crippen molar-refractivity contribution in [2.45, 2.75) is 25.2 Å². The Morgan fingerprint density at radius 2 is 2.00 bits per heavy atom. The molecule has 7 heteroatoms. The maximum absolute atomic E-state index is 11.0. The van der Waals surface area contributed by atoms with Crippen LogP contribution in [0.15, 0.2) is 89.4 Å². The number of aromatic nitrogens is 1. The monoisotopic (exact) mass is 432 g/mol. The van der Waals surface area contributed by atoms with Gasteiger partial charge in [0.1, 0.15) is 0 Å². The van der Waals surface area contributed by atoms with Crippen molar-refractivity contribution in [2.24, 2.45) is 4.99 Å². The molecule has 3 aromatic rings. The van der Waals surface area contributed by atoms with Gasteiger partial charge >= 0.3 is 0 Å². The lowest BCUT2D eigenvalue weighted by atomic mass is 9.87. The quantitative estimate of drug-likeness (QED) is 0.300. The van der Waals surface area contributed by atoms with Crippen molar-refractivity contribution in [3.05, 3.63) is 105 Å². The molecule has 1 atom stereocenters. The molecule has 1 heterocycles. The van der Waals surface area contributed by atoms with E-state index in [1.807, 2.05) is 10.1 Å². The number of nitrogens with zero attached hydrogens (tertiary/aromatic N) is 3. The van der Waals surface area contributed by atoms with Crippen molar-refractivity contribution in [3.63, 3.8) is 0 Å². The summed E-state index contributed by atoms with van der Waals surface area (Å²) in [7, 11) is 0. The summed E-state index contributed by atoms with van der Waals surface area (Å²) in [6.07, 6.45) is 7.05. The smallest absolute Gasteiger partial charge is 0.269 e. The second-order valence-electron chi connectivity index (χ2n) is 7.40. The maximum Gasteiger partial charge on any atom is 0.269 e. The van der Waals surface area contributed by atoms with Crippen molar-refractivity contribution < 1.29 is 4.92 Å². The first-order valence-corrected chi connectivity index (χ1v) is 11.1. The topological polar surface area (TPSA) is 72.5 Å². The first-order valence-electron chi connectivity index (χ1n) is 10.2. The number of benzene rings is 2. The third-order valence-corrected chi connectivity index (χ3v) is 6.24. The summed E-state index contributed by atoms with van der Waals surface area (Å²) >= 11 is 1.53. The standard InChI is InChI=1S/C24H24N4O2S/c1-2-16-25-24-27(23(17-31-24)20-10-14-22(15-11-20)28(29)30)26-21-12-8-19(9-13-21)18-6-4-3-5-7-18/h2-7,10-12,14-15,17,19,26H,1,8-9,13,16H2/t19-/m0/s1. The Balaban J connectivity index is 1.61. The second kappa shape index (κ2) is 9.57. The molecule has 0 saturated carbocycles. The van der Waals surface area contributed by atoms with Crippen LogP contribution >= 0.6 is 11.3 Å². The Morgan fingerprint density at radius 3 is 2.65 bits per heavy atom. The summed E-state index contributed by atoms with van der Waals surface area (Å²) in [5.74, 6) is 0.540. The molecule has 1 aromatic heterocycles. The van der Waals surface area contributed by atoms with Gasteiger partial charge < -0.3 is 0 Å². The van der Waals surface area contributed by atoms with Crippen LogP contribution in [-0.2, 0) is 0 Å². The molecular weight excluding hydrogens is 408 g/mol. The van der Waals surface area contributed by atoms with Gasteiger partial charge in [-0.2, -0.15) is 0 Å². The van der Waals surface area contributed by atoms with E-state index in [2.05, 4.69) is 53.4 Å². The normalized spacial score (nSPS) is 16.6. The highest BCUT2D eigenvalue weighted by molar-refractivity contribution is 7.07. The fraction of sp³-hybridized carbons (Fsp3) is 0.208. The minimum absolute atomic E-state index is 0.0806. The number of non-ortho nitro benzene ring substituents is 1. The highest BCUT2D eigenvalue weighted by Gasteiger charge is 2.18. The summed E-state index contributed by atoms with van der Waals surface area (Å²) in [6.45, 7) is 4.28. The van der Waals surface area contributed by atoms with Gasteiger partial charge in [0, 0.05) is 28.8 Å². The molecule has 1 aliphatic rings. The Morgan fingerprint density at radius 1 is 1.23 bits per heavy atom. The molecule has 0 fully saturated rings. The summed E-state index contributed by atoms with van der Waals surface area (Å²) in [5, 5.41) is 13.0. The Bertz CT molecular complexity index is 1160. The highest BCUT2D eigenvalue weighted by atomic mass is 32.1. The number of nitrogens with one attached hydrogen (secondary N) is 1. The molecule has 6 nitrogen and oxygen atoms in total. The Hall–Kier alpha value is -3.45. The van der Waals surface area contributed by atoms with E-state index in [1.54, 1.807) is 18.2 Å². The van der Waals surface area contributed by atoms with Crippen LogP contribution in [-0.4, -0.2) is 16.1 Å². The number of thiazole rings is 1. The minimum atomic E-state index is -0.384. The Labute approximate surface area is 185 Å². The lowest BCUT2D eigenvalue weighted by molar-refractivity contribution is -0.384. The minimum Gasteiger partial charge on any atom is -0.296 e. The van der Waals surface area contributed by atoms with Crippen molar-refractivity contribution in [1.29, 1.82) is 0 Å². The average Bonchev–Trinajstić information content (AvgIpc) is 3.21. The van der Waals surface area contributed by atoms with E-state index in [4.69, 9.17) is 0 Å². The molecule has 2 aromatic carbocycles. The zero-order chi connectivity index (χ0) is 21.6. The maximum atomic E-state index is 11.0. The van der Waals surface area contributed by atoms with Crippen LogP contribution in [0.3, 0.4) is 0 Å². The second-order valence-corrected chi connectivity index (χ2v) is 8.23. The first kappa shape index (κ1) is 20.8. The van der Waals surface area contributed by atoms with Gasteiger partial charge in [0.2, 0.25) is 4.80 Å². The number of hydrogen-bond donors (Lipinski definition) is 1. The van der Waals surface area contributed by atoms with Crippen LogP contribution in [0.25, 0.3) is 11.3 Å². The predicted octanol–water partition coefficient (Wildman–Crippen LogP) is 5.61. The van der Waals surface area contributed by atoms with E-state index < -0.39 is 0 Å². The van der Waals surface area contributed by atoms with Crippen LogP contribution in [0.1, 0.15) is 30.7 Å². The SMILES string of the molecule is C=CCN=c1scc(-c2ccc([N+](=O)[O-])cc2)n1NC1=CC[C@H](c2ccccc2)CC1. The molecule has 1 N–H and O–H groups in total. The largest absolute Gasteiger partial charge is 0.296 e. The van der Waals surface area contributed by atoms with Gasteiger partial charge in [0.15, 0.2) is 0 Å². The predicted molar refractivity (Wildman–Crippen MR) is 126 cm³/mol. The van der Waals surface area contributed by atoms with Crippen LogP contribution in [0.5, 0.6) is 0 Å². The fourth-order valence-corrected chi connectivity index (χ4v) is 4.59. The molecule has 31 heavy (non-hydrogen) atoms. The van der Waals surface area contributed by atoms with Crippen LogP contribution in [0.4, 0.5) is 5.69 Å². The van der Waals surface area contributed by atoms with Crippen molar-refractivity contribution in [2.75, 3.05) is 12.0 Å². The molecule has 0 bridgehead atoms. The van der Waals surface area contributed by atoms with E-state index in [-0.39, 0.29) is 10.6 Å². The van der Waals surface area contributed by atoms with E-state index in [0.717, 1.165) is 41.0 Å². The zero-order valence-electron chi connectivity index (χ0n) is 17.1. The zero-order valence-corrected chi connectivity index (χ0v) is 17.9. The van der Waals surface area contributed by atoms with Crippen molar-refractivity contribution >= 4 is 17.0 Å². The van der Waals surface area contributed by atoms with E-state index >= 15 is 0 Å². The Kier molecular flexibility index (Phi) is 6.43. The molecule has 0 unspecified atom stereocenters. The van der Waals surface area contributed by atoms with Gasteiger partial charge in [-0.25, -0.2) is 4.68 Å². The number of nitro benzene ring substituents is 1. The number of hydrogen-bond acceptors (Lipinski definition) is 5. The molecule has 4 rings (SSSR count). The lowest BCUT2D eigenvalue weighted by Crippen LogP contribution is -2.27. The number of rotatable bonds is 7. The summed E-state index contributed by atoms with van der Waals surface area (Å²) in [4.78, 5) is 16.0. The molecule has 0 amide bonds. The van der Waals surface area contributed by atoms with Gasteiger partial charge in [0.05, 0.1) is 17.2 Å². The number of allylic oxidation sites excluding steroid dienone is 2. The molecule has 158 valence electrons. The summed E-state index contributed by atoms with van der Waals surface area (Å²) < 4.78 is 1.98. The average molecular weight is 433 g/mol. The third-order valence-electron chi connectivity index (χ3n) is 5.37. The molecule has 0 aliphatic heterocycles. The molecular formula is C24H24N4O2S. The van der Waals surface area contributed by atoms with Crippen LogP contribution in [0.2, 0.25) is 0 Å².